The largest absolute Gasteiger partial charge is 0.291 e. The molecule has 0 heterocycles. The Balaban J connectivity index is 3.52. The molecule has 0 saturated heterocycles. The van der Waals surface area contributed by atoms with Gasteiger partial charge in [0.25, 0.3) is 0 Å². The fourth-order valence-corrected chi connectivity index (χ4v) is 1.68. The molecule has 0 N–H and O–H groups in total. The molecule has 0 fully saturated rings. The Kier molecular flexibility index (Phi) is 9.51. The second-order valence-corrected chi connectivity index (χ2v) is 3.83. The third-order valence-electron chi connectivity index (χ3n) is 2.59. The van der Waals surface area contributed by atoms with E-state index in [-0.39, 0.29) is 0 Å². The summed E-state index contributed by atoms with van der Waals surface area (Å²) >= 11 is 0. The lowest BCUT2D eigenvalue weighted by atomic mass is 9.92. The Morgan fingerprint density at radius 2 is 1.54 bits per heavy atom. The van der Waals surface area contributed by atoms with E-state index in [2.05, 4.69) is 13.8 Å². The van der Waals surface area contributed by atoms with Crippen LogP contribution in [0.2, 0.25) is 0 Å². The topological polar surface area (TPSA) is 17.1 Å². The van der Waals surface area contributed by atoms with Crippen LogP contribution >= 0.6 is 0 Å². The number of rotatable bonds is 9. The molecule has 0 aromatic heterocycles. The Morgan fingerprint density at radius 3 is 1.92 bits per heavy atom. The Bertz CT molecular complexity index is 102. The van der Waals surface area contributed by atoms with E-state index in [0.29, 0.717) is 6.42 Å². The molecule has 0 aliphatic rings. The Morgan fingerprint density at radius 1 is 1.00 bits per heavy atom. The van der Waals surface area contributed by atoms with Crippen molar-refractivity contribution in [3.8, 4) is 0 Å². The quantitative estimate of drug-likeness (QED) is 0.530. The van der Waals surface area contributed by atoms with Gasteiger partial charge in [0.2, 0.25) is 0 Å². The molecule has 1 nitrogen and oxygen atoms in total. The zero-order chi connectivity index (χ0) is 9.94. The van der Waals surface area contributed by atoms with E-state index in [0.717, 1.165) is 12.3 Å². The standard InChI is InChI=1S/C12H23O/c1-3-5-8-12(9-6-4-2)10-7-11-13/h12H,3-10H2,1-2H3. The summed E-state index contributed by atoms with van der Waals surface area (Å²) in [6.45, 7) is 4.45. The van der Waals surface area contributed by atoms with Gasteiger partial charge < -0.3 is 0 Å². The molecule has 1 radical (unpaired) electrons. The van der Waals surface area contributed by atoms with Gasteiger partial charge in [0.05, 0.1) is 0 Å². The average molecular weight is 183 g/mol. The van der Waals surface area contributed by atoms with Crippen molar-refractivity contribution >= 4 is 6.29 Å². The van der Waals surface area contributed by atoms with Crippen molar-refractivity contribution in [3.63, 3.8) is 0 Å². The molecule has 0 bridgehead atoms. The molecule has 0 aliphatic heterocycles. The second-order valence-electron chi connectivity index (χ2n) is 3.83. The van der Waals surface area contributed by atoms with Gasteiger partial charge in [-0.25, -0.2) is 0 Å². The average Bonchev–Trinajstić information content (AvgIpc) is 2.17. The minimum atomic E-state index is 0.637. The highest BCUT2D eigenvalue weighted by molar-refractivity contribution is 5.50. The van der Waals surface area contributed by atoms with E-state index in [9.17, 15) is 4.79 Å². The van der Waals surface area contributed by atoms with E-state index >= 15 is 0 Å². The van der Waals surface area contributed by atoms with Gasteiger partial charge in [-0.2, -0.15) is 0 Å². The predicted molar refractivity (Wildman–Crippen MR) is 57.5 cm³/mol. The van der Waals surface area contributed by atoms with Crippen molar-refractivity contribution in [2.24, 2.45) is 5.92 Å². The van der Waals surface area contributed by atoms with Gasteiger partial charge >= 0.3 is 0 Å². The maximum absolute atomic E-state index is 10.1. The normalized spacial score (nSPS) is 10.7. The molecule has 0 atom stereocenters. The second kappa shape index (κ2) is 9.76. The van der Waals surface area contributed by atoms with Crippen molar-refractivity contribution in [1.82, 2.24) is 0 Å². The van der Waals surface area contributed by atoms with Crippen LogP contribution in [0.5, 0.6) is 0 Å². The van der Waals surface area contributed by atoms with Crippen LogP contribution in [-0.4, -0.2) is 6.29 Å². The highest BCUT2D eigenvalue weighted by atomic mass is 16.1. The molecule has 0 aliphatic carbocycles. The summed E-state index contributed by atoms with van der Waals surface area (Å²) in [6.07, 6.45) is 11.5. The molecule has 0 unspecified atom stereocenters. The predicted octanol–water partition coefficient (Wildman–Crippen LogP) is 3.87. The molecule has 0 spiro atoms. The fraction of sp³-hybridized carbons (Fsp3) is 0.917. The molecule has 0 saturated carbocycles. The number of carbonyl (C=O) groups excluding carboxylic acids is 1. The van der Waals surface area contributed by atoms with Gasteiger partial charge in [-0.1, -0.05) is 52.4 Å². The van der Waals surface area contributed by atoms with Gasteiger partial charge in [0.15, 0.2) is 6.29 Å². The Labute approximate surface area is 82.9 Å². The van der Waals surface area contributed by atoms with E-state index in [4.69, 9.17) is 0 Å². The lowest BCUT2D eigenvalue weighted by Gasteiger charge is -2.14. The molecular weight excluding hydrogens is 160 g/mol. The van der Waals surface area contributed by atoms with Crippen molar-refractivity contribution in [2.45, 2.75) is 65.2 Å². The van der Waals surface area contributed by atoms with E-state index in [1.165, 1.54) is 38.5 Å². The van der Waals surface area contributed by atoms with Gasteiger partial charge in [-0.3, -0.25) is 4.79 Å². The van der Waals surface area contributed by atoms with Crippen LogP contribution in [0.4, 0.5) is 0 Å². The molecule has 13 heavy (non-hydrogen) atoms. The first-order valence-corrected chi connectivity index (χ1v) is 5.70. The molecular formula is C12H23O. The summed E-state index contributed by atoms with van der Waals surface area (Å²) in [5.74, 6) is 0.779. The van der Waals surface area contributed by atoms with Gasteiger partial charge in [0, 0.05) is 6.42 Å². The van der Waals surface area contributed by atoms with Gasteiger partial charge in [-0.05, 0) is 12.3 Å². The zero-order valence-corrected chi connectivity index (χ0v) is 9.14. The Hall–Kier alpha value is -0.330. The summed E-state index contributed by atoms with van der Waals surface area (Å²) < 4.78 is 0. The van der Waals surface area contributed by atoms with Crippen molar-refractivity contribution in [1.29, 1.82) is 0 Å². The third kappa shape index (κ3) is 8.01. The van der Waals surface area contributed by atoms with Crippen molar-refractivity contribution in [2.75, 3.05) is 0 Å². The van der Waals surface area contributed by atoms with Crippen LogP contribution in [0.3, 0.4) is 0 Å². The third-order valence-corrected chi connectivity index (χ3v) is 2.59. The molecule has 1 heteroatoms. The summed E-state index contributed by atoms with van der Waals surface area (Å²) in [6, 6.07) is 0. The highest BCUT2D eigenvalue weighted by Gasteiger charge is 2.06. The van der Waals surface area contributed by atoms with Crippen LogP contribution in [0.25, 0.3) is 0 Å². The van der Waals surface area contributed by atoms with E-state index in [1.54, 1.807) is 0 Å². The van der Waals surface area contributed by atoms with Crippen LogP contribution in [0.1, 0.15) is 65.2 Å². The zero-order valence-electron chi connectivity index (χ0n) is 9.14. The number of unbranched alkanes of at least 4 members (excludes halogenated alkanes) is 2. The first-order chi connectivity index (χ1) is 6.35. The summed E-state index contributed by atoms with van der Waals surface area (Å²) in [7, 11) is 0. The number of hydrogen-bond acceptors (Lipinski definition) is 1. The van der Waals surface area contributed by atoms with Crippen LogP contribution in [-0.2, 0) is 4.79 Å². The first kappa shape index (κ1) is 12.7. The lowest BCUT2D eigenvalue weighted by Crippen LogP contribution is -2.01. The van der Waals surface area contributed by atoms with Crippen LogP contribution < -0.4 is 0 Å². The summed E-state index contributed by atoms with van der Waals surface area (Å²) in [5, 5.41) is 0. The van der Waals surface area contributed by atoms with Crippen molar-refractivity contribution in [3.05, 3.63) is 0 Å². The highest BCUT2D eigenvalue weighted by Crippen LogP contribution is 2.20. The molecule has 0 aromatic rings. The minimum absolute atomic E-state index is 0.637. The SMILES string of the molecule is CCCCC(CC[C]=O)CCCC. The van der Waals surface area contributed by atoms with Gasteiger partial charge in [-0.15, -0.1) is 0 Å². The monoisotopic (exact) mass is 183 g/mol. The number of hydrogen-bond donors (Lipinski definition) is 0. The lowest BCUT2D eigenvalue weighted by molar-refractivity contribution is 0.396. The van der Waals surface area contributed by atoms with Crippen LogP contribution in [0, 0.1) is 5.92 Å². The van der Waals surface area contributed by atoms with Gasteiger partial charge in [0.1, 0.15) is 0 Å². The minimum Gasteiger partial charge on any atom is -0.291 e. The summed E-state index contributed by atoms with van der Waals surface area (Å²) in [5.41, 5.74) is 0. The molecule has 0 rings (SSSR count). The summed E-state index contributed by atoms with van der Waals surface area (Å²) in [4.78, 5) is 10.1. The first-order valence-electron chi connectivity index (χ1n) is 5.70. The van der Waals surface area contributed by atoms with Crippen LogP contribution in [0.15, 0.2) is 0 Å². The molecule has 77 valence electrons. The maximum atomic E-state index is 10.1. The molecule has 0 amide bonds. The van der Waals surface area contributed by atoms with E-state index < -0.39 is 0 Å². The van der Waals surface area contributed by atoms with E-state index in [1.807, 2.05) is 6.29 Å². The smallest absolute Gasteiger partial charge is 0.198 e. The fourth-order valence-electron chi connectivity index (χ4n) is 1.68. The molecule has 0 aromatic carbocycles. The maximum Gasteiger partial charge on any atom is 0.198 e. The van der Waals surface area contributed by atoms with Crippen molar-refractivity contribution < 1.29 is 4.79 Å².